The van der Waals surface area contributed by atoms with Crippen LogP contribution < -0.4 is 9.47 Å². The van der Waals surface area contributed by atoms with Crippen molar-refractivity contribution in [2.24, 2.45) is 44.3 Å². The number of benzene rings is 6. The Balaban J connectivity index is -0.000000574. The maximum absolute atomic E-state index is 10.0. The average Bonchev–Trinajstić information content (AvgIpc) is 1.65. The van der Waals surface area contributed by atoms with E-state index >= 15 is 0 Å². The molecule has 6 aromatic rings. The van der Waals surface area contributed by atoms with Crippen LogP contribution >= 0.6 is 0 Å². The molecule has 8 atom stereocenters. The number of hydrogen-bond acceptors (Lipinski definition) is 6. The van der Waals surface area contributed by atoms with Crippen molar-refractivity contribution in [1.82, 2.24) is 4.90 Å². The van der Waals surface area contributed by atoms with E-state index in [-0.39, 0.29) is 145 Å². The van der Waals surface area contributed by atoms with E-state index in [9.17, 15) is 15.3 Å². The molecule has 0 spiro atoms. The fraction of sp³-hybridized carbons (Fsp3) is 0.620. The van der Waals surface area contributed by atoms with Crippen LogP contribution in [0.2, 0.25) is 0 Å². The predicted molar refractivity (Wildman–Crippen MR) is 470 cm³/mol. The van der Waals surface area contributed by atoms with Gasteiger partial charge in [-0.15, -0.1) is 0 Å². The van der Waals surface area contributed by atoms with Gasteiger partial charge in [-0.05, 0) is 201 Å². The quantitative estimate of drug-likeness (QED) is 0.150. The molecule has 3 N–H and O–H groups in total. The molecule has 8 heteroatoms. The Labute approximate surface area is 720 Å². The number of piperidine rings is 1. The van der Waals surface area contributed by atoms with Crippen LogP contribution in [0.4, 0.5) is 0 Å². The Morgan fingerprint density at radius 2 is 0.769 bits per heavy atom. The molecule has 2 radical (unpaired) electrons. The molecule has 8 unspecified atom stereocenters. The predicted octanol–water partition coefficient (Wildman–Crippen LogP) is 28.1. The molecule has 1 saturated heterocycles. The monoisotopic (exact) mass is 1640 g/mol. The molecule has 6 nitrogen and oxygen atoms in total. The average molecular weight is 1640 g/mol. The molecule has 0 aromatic heterocycles. The molecule has 2 fully saturated rings. The zero-order valence-corrected chi connectivity index (χ0v) is 74.4. The van der Waals surface area contributed by atoms with Crippen molar-refractivity contribution in [3.8, 4) is 11.5 Å². The third-order valence-corrected chi connectivity index (χ3v) is 22.0. The van der Waals surface area contributed by atoms with Crippen molar-refractivity contribution < 1.29 is 90.2 Å². The molecule has 1 saturated carbocycles. The largest absolute Gasteiger partial charge is 0.454 e. The van der Waals surface area contributed by atoms with Crippen LogP contribution in [-0.2, 0) is 103 Å². The number of rotatable bonds is 2. The van der Waals surface area contributed by atoms with Gasteiger partial charge >= 0.3 is 0 Å². The number of aliphatic hydroxyl groups is 3. The first-order chi connectivity index (χ1) is 46.8. The fourth-order valence-corrected chi connectivity index (χ4v) is 16.8. The summed E-state index contributed by atoms with van der Waals surface area (Å²) in [4.78, 5) is 2.59. The van der Waals surface area contributed by atoms with Crippen molar-refractivity contribution in [3.63, 3.8) is 0 Å². The van der Waals surface area contributed by atoms with Gasteiger partial charge in [-0.3, -0.25) is 4.90 Å². The summed E-state index contributed by atoms with van der Waals surface area (Å²) in [6.45, 7) is 61.6. The van der Waals surface area contributed by atoms with Crippen LogP contribution in [0.1, 0.15) is 341 Å². The standard InChI is InChI=1S/C16H25N.C14H20.2C13H18O.C13H18.C11H14O2.C10H20O.2C2H5.6CH4.2Y/c1-16(2,3)15-9-11-17(12-10-15)13-14-7-5-4-6-8-14;1-14(2,3)13-10-6-8-11-7-4-5-9-12(11)13;2*1-13(2,3)12-10-7-5-4-6-9(10)8-11(12)14;1-13(2,3)12-9-8-10-6-4-5-7-11(10)12;1-11(2,3)8-5-4-6-9-10(8)13-7-12-9;1-10(2,3)8-6-4-5-7-9(8)11;2*1-2;;;;;;;;/h4-8,15H,9-13H2,1-3H3;4-5,7,9,13H,6,8,10H2,1-3H3;2*4-7,11-12,14H,8H2,1-3H3;4-7,12H,8-9H2,1-3H3;4-6H,7H2,1-3H3;8-9,11H,4-7H2,1-3H3;2*1H2,2H3;6*1H4;;/q;;;;;;;2*-1;;;;;;;;. The summed E-state index contributed by atoms with van der Waals surface area (Å²) < 4.78 is 10.7. The number of aliphatic hydroxyl groups excluding tert-OH is 3. The van der Waals surface area contributed by atoms with Crippen molar-refractivity contribution in [2.45, 2.75) is 341 Å². The molecule has 0 bridgehead atoms. The van der Waals surface area contributed by atoms with E-state index < -0.39 is 0 Å². The SMILES string of the molecule is C.C.C.C.C.C.CC(C)(C)C1CCCCC1O.CC(C)(C)C1CCCc2ccccc21.CC(C)(C)C1CCN(Cc2ccccc2)CC1.CC(C)(C)C1CCc2ccccc21.CC(C)(C)C1c2ccccc2CC1O.CC(C)(C)C1c2ccccc2CC1O.CC(C)(C)c1cccc2c1OCO2.[CH2-]C.[CH2-]C.[Y].[Y]. The minimum atomic E-state index is -0.201. The number of fused-ring (bicyclic) bond motifs is 5. The molecular formula is C100H167NO5Y2-2. The van der Waals surface area contributed by atoms with Gasteiger partial charge in [0.05, 0.1) is 18.3 Å². The minimum absolute atomic E-state index is 0. The third-order valence-electron chi connectivity index (χ3n) is 22.0. The number of hydrogen-bond donors (Lipinski definition) is 3. The molecule has 2 aliphatic heterocycles. The summed E-state index contributed by atoms with van der Waals surface area (Å²) in [6.07, 6.45) is 15.3. The first-order valence-electron chi connectivity index (χ1n) is 38.8. The van der Waals surface area contributed by atoms with Crippen LogP contribution in [0, 0.1) is 58.2 Å². The van der Waals surface area contributed by atoms with Gasteiger partial charge in [0, 0.05) is 89.4 Å². The molecule has 108 heavy (non-hydrogen) atoms. The summed E-state index contributed by atoms with van der Waals surface area (Å²) >= 11 is 0. The number of likely N-dealkylation sites (tertiary alicyclic amines) is 1. The van der Waals surface area contributed by atoms with Crippen LogP contribution in [0.25, 0.3) is 0 Å². The molecule has 2 heterocycles. The molecule has 7 aliphatic rings. The smallest absolute Gasteiger partial charge is 0.231 e. The van der Waals surface area contributed by atoms with E-state index in [1.54, 1.807) is 36.1 Å². The number of para-hydroxylation sites is 1. The van der Waals surface area contributed by atoms with Gasteiger partial charge in [0.2, 0.25) is 6.79 Å². The molecule has 5 aliphatic carbocycles. The van der Waals surface area contributed by atoms with Gasteiger partial charge in [-0.1, -0.05) is 342 Å². The Morgan fingerprint density at radius 3 is 1.17 bits per heavy atom. The summed E-state index contributed by atoms with van der Waals surface area (Å²) in [7, 11) is 0. The molecular weight excluding hydrogens is 1470 g/mol. The number of nitrogens with zero attached hydrogens (tertiary/aromatic N) is 1. The second-order valence-corrected chi connectivity index (χ2v) is 36.8. The van der Waals surface area contributed by atoms with E-state index in [1.807, 2.05) is 12.1 Å². The zero-order valence-electron chi connectivity index (χ0n) is 68.7. The second kappa shape index (κ2) is 50.3. The van der Waals surface area contributed by atoms with Crippen molar-refractivity contribution in [1.29, 1.82) is 0 Å². The van der Waals surface area contributed by atoms with Crippen LogP contribution in [0.5, 0.6) is 11.5 Å². The van der Waals surface area contributed by atoms with Crippen molar-refractivity contribution in [2.75, 3.05) is 19.9 Å². The zero-order chi connectivity index (χ0) is 74.6. The number of ether oxygens (including phenoxy) is 2. The Morgan fingerprint density at radius 1 is 0.370 bits per heavy atom. The Hall–Kier alpha value is -3.03. The minimum Gasteiger partial charge on any atom is -0.454 e. The van der Waals surface area contributed by atoms with Crippen LogP contribution in [0.15, 0.2) is 146 Å². The molecule has 6 aromatic carbocycles. The van der Waals surface area contributed by atoms with E-state index in [0.29, 0.717) is 46.2 Å². The van der Waals surface area contributed by atoms with Gasteiger partial charge in [0.25, 0.3) is 0 Å². The summed E-state index contributed by atoms with van der Waals surface area (Å²) in [5, 5.41) is 29.8. The van der Waals surface area contributed by atoms with Crippen molar-refractivity contribution >= 4 is 0 Å². The second-order valence-electron chi connectivity index (χ2n) is 36.8. The fourth-order valence-electron chi connectivity index (χ4n) is 16.8. The van der Waals surface area contributed by atoms with Gasteiger partial charge in [-0.2, -0.15) is 13.8 Å². The van der Waals surface area contributed by atoms with Crippen LogP contribution in [-0.4, -0.2) is 58.4 Å². The van der Waals surface area contributed by atoms with Gasteiger partial charge in [0.1, 0.15) is 0 Å². The molecule has 13 rings (SSSR count). The maximum atomic E-state index is 10.0. The molecule has 610 valence electrons. The van der Waals surface area contributed by atoms with E-state index in [2.05, 4.69) is 298 Å². The van der Waals surface area contributed by atoms with E-state index in [4.69, 9.17) is 9.47 Å². The number of aryl methyl sites for hydroxylation is 2. The summed E-state index contributed by atoms with van der Waals surface area (Å²) in [6, 6.07) is 51.6. The first-order valence-corrected chi connectivity index (χ1v) is 38.8. The normalized spacial score (nSPS) is 20.6. The summed E-state index contributed by atoms with van der Waals surface area (Å²) in [5.41, 5.74) is 16.3. The first kappa shape index (κ1) is 111. The Kier molecular flexibility index (Phi) is 51.9. The Bertz CT molecular complexity index is 3250. The van der Waals surface area contributed by atoms with E-state index in [0.717, 1.165) is 55.1 Å². The van der Waals surface area contributed by atoms with Crippen LogP contribution in [0.3, 0.4) is 0 Å². The maximum Gasteiger partial charge on any atom is 0.231 e. The van der Waals surface area contributed by atoms with Crippen molar-refractivity contribution in [3.05, 3.63) is 215 Å². The van der Waals surface area contributed by atoms with Gasteiger partial charge in [0.15, 0.2) is 11.5 Å². The molecule has 0 amide bonds. The third kappa shape index (κ3) is 33.4. The van der Waals surface area contributed by atoms with Gasteiger partial charge in [-0.25, -0.2) is 0 Å². The summed E-state index contributed by atoms with van der Waals surface area (Å²) in [5.74, 6) is 5.31. The topological polar surface area (TPSA) is 82.4 Å². The van der Waals surface area contributed by atoms with Gasteiger partial charge < -0.3 is 38.6 Å². The van der Waals surface area contributed by atoms with E-state index in [1.165, 1.54) is 111 Å².